The molecule has 12 nitrogen and oxygen atoms in total. The number of aromatic nitrogens is 5. The standard InChI is InChI=1S/C24H22FN7O5S/c1-2-37-7-6-27-22(34)14-10-31(11-14)21-17(25)8-15-18(33)16(23(35)36)12-32(20(15)29-21)24-28-19(30-38-24)13-4-3-5-26-9-13/h3-5,8-9,12,14H,2,6-7,10-11H2,1H3,(H,27,34)(H,35,36). The Kier molecular flexibility index (Phi) is 7.07. The van der Waals surface area contributed by atoms with Crippen LogP contribution < -0.4 is 15.6 Å². The lowest BCUT2D eigenvalue weighted by atomic mass is 9.99. The van der Waals surface area contributed by atoms with Crippen molar-refractivity contribution in [2.45, 2.75) is 6.92 Å². The molecule has 0 bridgehead atoms. The molecule has 196 valence electrons. The minimum Gasteiger partial charge on any atom is -0.477 e. The summed E-state index contributed by atoms with van der Waals surface area (Å²) in [5.74, 6) is -2.48. The molecule has 4 aromatic rings. The third kappa shape index (κ3) is 4.82. The molecule has 0 unspecified atom stereocenters. The van der Waals surface area contributed by atoms with Crippen molar-refractivity contribution >= 4 is 40.3 Å². The molecule has 0 aromatic carbocycles. The molecule has 1 aliphatic rings. The van der Waals surface area contributed by atoms with Crippen LogP contribution >= 0.6 is 11.5 Å². The molecule has 1 saturated heterocycles. The van der Waals surface area contributed by atoms with Crippen LogP contribution in [0, 0.1) is 11.7 Å². The summed E-state index contributed by atoms with van der Waals surface area (Å²) in [4.78, 5) is 51.5. The summed E-state index contributed by atoms with van der Waals surface area (Å²) in [7, 11) is 0. The first-order chi connectivity index (χ1) is 18.4. The van der Waals surface area contributed by atoms with Crippen LogP contribution in [0.2, 0.25) is 0 Å². The number of aromatic carboxylic acids is 1. The van der Waals surface area contributed by atoms with Gasteiger partial charge in [-0.2, -0.15) is 9.36 Å². The Balaban J connectivity index is 1.49. The van der Waals surface area contributed by atoms with Crippen LogP contribution in [-0.2, 0) is 9.53 Å². The first kappa shape index (κ1) is 25.4. The lowest BCUT2D eigenvalue weighted by molar-refractivity contribution is -0.125. The Bertz CT molecular complexity index is 1570. The van der Waals surface area contributed by atoms with Gasteiger partial charge in [-0.1, -0.05) is 0 Å². The topological polar surface area (TPSA) is 152 Å². The summed E-state index contributed by atoms with van der Waals surface area (Å²) >= 11 is 0.961. The van der Waals surface area contributed by atoms with Gasteiger partial charge in [-0.15, -0.1) is 0 Å². The molecule has 38 heavy (non-hydrogen) atoms. The number of hydrogen-bond donors (Lipinski definition) is 2. The molecule has 0 saturated carbocycles. The number of nitrogens with zero attached hydrogens (tertiary/aromatic N) is 6. The molecule has 1 aliphatic heterocycles. The number of hydrogen-bond acceptors (Lipinski definition) is 10. The van der Waals surface area contributed by atoms with Gasteiger partial charge in [-0.3, -0.25) is 19.1 Å². The van der Waals surface area contributed by atoms with Gasteiger partial charge in [0.15, 0.2) is 23.1 Å². The molecule has 0 aliphatic carbocycles. The molecular formula is C24H22FN7O5S. The van der Waals surface area contributed by atoms with Gasteiger partial charge in [0, 0.05) is 61.9 Å². The number of carboxylic acid groups (broad SMARTS) is 1. The zero-order valence-electron chi connectivity index (χ0n) is 20.1. The number of pyridine rings is 3. The summed E-state index contributed by atoms with van der Waals surface area (Å²) < 4.78 is 26.0. The number of nitrogens with one attached hydrogen (secondary N) is 1. The maximum atomic E-state index is 15.1. The van der Waals surface area contributed by atoms with E-state index in [1.807, 2.05) is 6.92 Å². The molecule has 14 heteroatoms. The number of rotatable bonds is 9. The molecule has 0 spiro atoms. The van der Waals surface area contributed by atoms with Crippen LogP contribution in [-0.4, -0.2) is 73.7 Å². The van der Waals surface area contributed by atoms with E-state index in [9.17, 15) is 19.5 Å². The quantitative estimate of drug-likeness (QED) is 0.301. The second-order valence-corrected chi connectivity index (χ2v) is 9.17. The molecule has 1 amide bonds. The summed E-state index contributed by atoms with van der Waals surface area (Å²) in [5, 5.41) is 12.4. The SMILES string of the molecule is CCOCCNC(=O)C1CN(c2nc3c(cc2F)c(=O)c(C(=O)O)cn3-c2nc(-c3cccnc3)ns2)C1. The maximum absolute atomic E-state index is 15.1. The summed E-state index contributed by atoms with van der Waals surface area (Å²) in [6, 6.07) is 4.47. The zero-order chi connectivity index (χ0) is 26.8. The van der Waals surface area contributed by atoms with Gasteiger partial charge in [-0.25, -0.2) is 14.2 Å². The number of carbonyl (C=O) groups is 2. The predicted molar refractivity (Wildman–Crippen MR) is 136 cm³/mol. The fourth-order valence-electron chi connectivity index (χ4n) is 4.01. The average molecular weight is 540 g/mol. The number of fused-ring (bicyclic) bond motifs is 1. The molecular weight excluding hydrogens is 517 g/mol. The number of halogens is 1. The first-order valence-electron chi connectivity index (χ1n) is 11.7. The molecule has 0 atom stereocenters. The summed E-state index contributed by atoms with van der Waals surface area (Å²) in [5.41, 5.74) is -0.759. The summed E-state index contributed by atoms with van der Waals surface area (Å²) in [6.07, 6.45) is 4.30. The molecule has 1 fully saturated rings. The lowest BCUT2D eigenvalue weighted by Crippen LogP contribution is -2.54. The maximum Gasteiger partial charge on any atom is 0.341 e. The van der Waals surface area contributed by atoms with Gasteiger partial charge in [-0.05, 0) is 25.1 Å². The smallest absolute Gasteiger partial charge is 0.341 e. The van der Waals surface area contributed by atoms with Crippen molar-refractivity contribution in [1.29, 1.82) is 0 Å². The first-order valence-corrected chi connectivity index (χ1v) is 12.5. The van der Waals surface area contributed by atoms with E-state index in [1.54, 1.807) is 29.4 Å². The van der Waals surface area contributed by atoms with Crippen molar-refractivity contribution in [1.82, 2.24) is 29.2 Å². The number of carboxylic acids is 1. The highest BCUT2D eigenvalue weighted by Gasteiger charge is 2.35. The van der Waals surface area contributed by atoms with Gasteiger partial charge in [0.2, 0.25) is 16.5 Å². The zero-order valence-corrected chi connectivity index (χ0v) is 20.9. The third-order valence-electron chi connectivity index (χ3n) is 5.99. The molecule has 5 rings (SSSR count). The Hall–Kier alpha value is -4.30. The van der Waals surface area contributed by atoms with Gasteiger partial charge in [0.1, 0.15) is 5.56 Å². The van der Waals surface area contributed by atoms with E-state index >= 15 is 4.39 Å². The number of ether oxygens (including phenoxy) is 1. The minimum absolute atomic E-state index is 0.0231. The Labute approximate surface area is 218 Å². The van der Waals surface area contributed by atoms with Crippen LogP contribution in [0.3, 0.4) is 0 Å². The molecule has 4 aromatic heterocycles. The van der Waals surface area contributed by atoms with E-state index in [4.69, 9.17) is 4.74 Å². The van der Waals surface area contributed by atoms with Crippen molar-refractivity contribution in [3.05, 3.63) is 58.4 Å². The third-order valence-corrected chi connectivity index (χ3v) is 6.70. The van der Waals surface area contributed by atoms with Crippen LogP contribution in [0.25, 0.3) is 27.6 Å². The predicted octanol–water partition coefficient (Wildman–Crippen LogP) is 1.73. The van der Waals surface area contributed by atoms with Gasteiger partial charge in [0.05, 0.1) is 17.9 Å². The molecule has 2 N–H and O–H groups in total. The number of carbonyl (C=O) groups excluding carboxylic acids is 1. The van der Waals surface area contributed by atoms with E-state index in [2.05, 4.69) is 24.6 Å². The number of amides is 1. The van der Waals surface area contributed by atoms with Crippen LogP contribution in [0.4, 0.5) is 10.2 Å². The Morgan fingerprint density at radius 3 is 2.84 bits per heavy atom. The highest BCUT2D eigenvalue weighted by Crippen LogP contribution is 2.29. The van der Waals surface area contributed by atoms with Crippen LogP contribution in [0.15, 0.2) is 41.6 Å². The fraction of sp³-hybridized carbons (Fsp3) is 0.292. The second-order valence-electron chi connectivity index (χ2n) is 8.44. The number of anilines is 1. The highest BCUT2D eigenvalue weighted by atomic mass is 32.1. The van der Waals surface area contributed by atoms with E-state index < -0.39 is 22.8 Å². The van der Waals surface area contributed by atoms with Crippen molar-refractivity contribution < 1.29 is 23.8 Å². The van der Waals surface area contributed by atoms with Crippen LogP contribution in [0.5, 0.6) is 0 Å². The normalized spacial score (nSPS) is 13.5. The Morgan fingerprint density at radius 1 is 1.32 bits per heavy atom. The van der Waals surface area contributed by atoms with Crippen molar-refractivity contribution in [3.63, 3.8) is 0 Å². The largest absolute Gasteiger partial charge is 0.477 e. The van der Waals surface area contributed by atoms with Crippen LogP contribution in [0.1, 0.15) is 17.3 Å². The van der Waals surface area contributed by atoms with E-state index in [0.717, 1.165) is 23.8 Å². The van der Waals surface area contributed by atoms with Crippen molar-refractivity contribution in [2.75, 3.05) is 37.7 Å². The summed E-state index contributed by atoms with van der Waals surface area (Å²) in [6.45, 7) is 3.68. The fourth-order valence-corrected chi connectivity index (χ4v) is 4.68. The second kappa shape index (κ2) is 10.6. The van der Waals surface area contributed by atoms with Gasteiger partial charge >= 0.3 is 5.97 Å². The monoisotopic (exact) mass is 539 g/mol. The van der Waals surface area contributed by atoms with E-state index in [1.165, 1.54) is 4.57 Å². The van der Waals surface area contributed by atoms with Gasteiger partial charge in [0.25, 0.3) is 0 Å². The van der Waals surface area contributed by atoms with Crippen molar-refractivity contribution in [3.8, 4) is 16.5 Å². The highest BCUT2D eigenvalue weighted by molar-refractivity contribution is 7.08. The molecule has 0 radical (unpaired) electrons. The van der Waals surface area contributed by atoms with E-state index in [0.29, 0.717) is 31.1 Å². The lowest BCUT2D eigenvalue weighted by Gasteiger charge is -2.39. The van der Waals surface area contributed by atoms with E-state index in [-0.39, 0.29) is 46.9 Å². The van der Waals surface area contributed by atoms with Crippen molar-refractivity contribution in [2.24, 2.45) is 5.92 Å². The average Bonchev–Trinajstić information content (AvgIpc) is 3.37. The minimum atomic E-state index is -1.46. The molecule has 5 heterocycles. The Morgan fingerprint density at radius 2 is 2.13 bits per heavy atom. The van der Waals surface area contributed by atoms with Gasteiger partial charge < -0.3 is 20.1 Å².